The standard InChI is InChI=1S/C10H20F6O3Si2/c1-7(2)17-20(3,4)19-21(5,6)18-8(9(11,12)13)10(14,15)16/h7-8H,1-6H3. The lowest BCUT2D eigenvalue weighted by atomic mass is 10.3. The summed E-state index contributed by atoms with van der Waals surface area (Å²) in [7, 11) is -6.58. The van der Waals surface area contributed by atoms with E-state index in [0.29, 0.717) is 0 Å². The zero-order valence-corrected chi connectivity index (χ0v) is 14.6. The molecule has 0 amide bonds. The largest absolute Gasteiger partial charge is 0.422 e. The van der Waals surface area contributed by atoms with Crippen molar-refractivity contribution in [1.29, 1.82) is 0 Å². The van der Waals surface area contributed by atoms with Gasteiger partial charge in [0.15, 0.2) is 0 Å². The smallest absolute Gasteiger partial charge is 0.415 e. The first kappa shape index (κ1) is 20.9. The summed E-state index contributed by atoms with van der Waals surface area (Å²) in [6.07, 6.45) is -15.2. The lowest BCUT2D eigenvalue weighted by Crippen LogP contribution is -2.56. The maximum absolute atomic E-state index is 12.5. The zero-order valence-electron chi connectivity index (χ0n) is 12.6. The Morgan fingerprint density at radius 1 is 0.714 bits per heavy atom. The highest BCUT2D eigenvalue weighted by atomic mass is 28.5. The summed E-state index contributed by atoms with van der Waals surface area (Å²) in [5.74, 6) is 0. The van der Waals surface area contributed by atoms with Crippen molar-refractivity contribution >= 4 is 17.1 Å². The van der Waals surface area contributed by atoms with Gasteiger partial charge in [0.05, 0.1) is 0 Å². The van der Waals surface area contributed by atoms with Crippen molar-refractivity contribution in [2.45, 2.75) is 64.6 Å². The van der Waals surface area contributed by atoms with E-state index in [4.69, 9.17) is 8.54 Å². The maximum Gasteiger partial charge on any atom is 0.422 e. The Balaban J connectivity index is 5.08. The minimum absolute atomic E-state index is 0.252. The average molecular weight is 358 g/mol. The number of halogens is 6. The van der Waals surface area contributed by atoms with Crippen LogP contribution in [0.2, 0.25) is 26.2 Å². The molecular weight excluding hydrogens is 338 g/mol. The Morgan fingerprint density at radius 2 is 1.05 bits per heavy atom. The molecule has 0 unspecified atom stereocenters. The predicted molar refractivity (Wildman–Crippen MR) is 69.3 cm³/mol. The molecule has 0 aliphatic rings. The molecular formula is C10H20F6O3Si2. The van der Waals surface area contributed by atoms with Crippen LogP contribution in [-0.2, 0) is 13.0 Å². The van der Waals surface area contributed by atoms with Gasteiger partial charge in [-0.1, -0.05) is 0 Å². The van der Waals surface area contributed by atoms with E-state index in [0.717, 1.165) is 13.1 Å². The minimum Gasteiger partial charge on any atom is -0.415 e. The Kier molecular flexibility index (Phi) is 6.53. The first-order chi connectivity index (χ1) is 8.96. The topological polar surface area (TPSA) is 27.7 Å². The van der Waals surface area contributed by atoms with Gasteiger partial charge in [-0.2, -0.15) is 26.3 Å². The third-order valence-electron chi connectivity index (χ3n) is 2.01. The van der Waals surface area contributed by atoms with Crippen LogP contribution in [0.4, 0.5) is 26.3 Å². The predicted octanol–water partition coefficient (Wildman–Crippen LogP) is 4.34. The van der Waals surface area contributed by atoms with Crippen molar-refractivity contribution in [3.8, 4) is 0 Å². The second kappa shape index (κ2) is 6.56. The Morgan fingerprint density at radius 3 is 1.33 bits per heavy atom. The van der Waals surface area contributed by atoms with E-state index in [1.807, 2.05) is 0 Å². The molecule has 0 N–H and O–H groups in total. The van der Waals surface area contributed by atoms with Gasteiger partial charge in [-0.15, -0.1) is 0 Å². The van der Waals surface area contributed by atoms with Gasteiger partial charge in [0.1, 0.15) is 0 Å². The monoisotopic (exact) mass is 358 g/mol. The second-order valence-electron chi connectivity index (χ2n) is 5.65. The molecule has 11 heteroatoms. The van der Waals surface area contributed by atoms with Crippen LogP contribution in [0.5, 0.6) is 0 Å². The lowest BCUT2D eigenvalue weighted by Gasteiger charge is -2.36. The van der Waals surface area contributed by atoms with E-state index in [9.17, 15) is 26.3 Å². The summed E-state index contributed by atoms with van der Waals surface area (Å²) in [6, 6.07) is 0. The van der Waals surface area contributed by atoms with Crippen molar-refractivity contribution in [2.75, 3.05) is 0 Å². The number of hydrogen-bond donors (Lipinski definition) is 0. The molecule has 0 aliphatic carbocycles. The van der Waals surface area contributed by atoms with Crippen molar-refractivity contribution < 1.29 is 39.3 Å². The molecule has 0 heterocycles. The molecule has 128 valence electrons. The van der Waals surface area contributed by atoms with E-state index < -0.39 is 35.6 Å². The van der Waals surface area contributed by atoms with Crippen LogP contribution in [0.15, 0.2) is 0 Å². The fourth-order valence-electron chi connectivity index (χ4n) is 1.81. The zero-order chi connectivity index (χ0) is 17.3. The highest BCUT2D eigenvalue weighted by Crippen LogP contribution is 2.38. The molecule has 0 saturated heterocycles. The van der Waals surface area contributed by atoms with Crippen LogP contribution >= 0.6 is 0 Å². The second-order valence-corrected chi connectivity index (χ2v) is 12.5. The van der Waals surface area contributed by atoms with E-state index in [1.165, 1.54) is 0 Å². The molecule has 0 radical (unpaired) electrons. The summed E-state index contributed by atoms with van der Waals surface area (Å²) in [5, 5.41) is 0. The van der Waals surface area contributed by atoms with Crippen LogP contribution in [0.3, 0.4) is 0 Å². The normalized spacial score (nSPS) is 15.1. The lowest BCUT2D eigenvalue weighted by molar-refractivity contribution is -0.304. The van der Waals surface area contributed by atoms with Crippen LogP contribution in [0.25, 0.3) is 0 Å². The molecule has 0 fully saturated rings. The van der Waals surface area contributed by atoms with Gasteiger partial charge in [-0.25, -0.2) is 0 Å². The Hall–Kier alpha value is -0.106. The number of alkyl halides is 6. The van der Waals surface area contributed by atoms with Crippen molar-refractivity contribution in [3.63, 3.8) is 0 Å². The molecule has 0 aliphatic heterocycles. The molecule has 21 heavy (non-hydrogen) atoms. The van der Waals surface area contributed by atoms with Gasteiger partial charge < -0.3 is 13.0 Å². The molecule has 0 spiro atoms. The van der Waals surface area contributed by atoms with Crippen molar-refractivity contribution in [1.82, 2.24) is 0 Å². The van der Waals surface area contributed by atoms with Gasteiger partial charge in [-0.05, 0) is 40.0 Å². The first-order valence-electron chi connectivity index (χ1n) is 6.15. The van der Waals surface area contributed by atoms with Gasteiger partial charge in [0.25, 0.3) is 0 Å². The number of hydrogen-bond acceptors (Lipinski definition) is 3. The van der Waals surface area contributed by atoms with E-state index >= 15 is 0 Å². The molecule has 0 aromatic rings. The van der Waals surface area contributed by atoms with E-state index in [1.54, 1.807) is 26.9 Å². The van der Waals surface area contributed by atoms with Crippen LogP contribution in [0, 0.1) is 0 Å². The van der Waals surface area contributed by atoms with Gasteiger partial charge in [0, 0.05) is 6.10 Å². The van der Waals surface area contributed by atoms with Crippen molar-refractivity contribution in [2.24, 2.45) is 0 Å². The van der Waals surface area contributed by atoms with Gasteiger partial charge in [-0.3, -0.25) is 0 Å². The highest BCUT2D eigenvalue weighted by Gasteiger charge is 2.60. The van der Waals surface area contributed by atoms with Crippen LogP contribution in [0.1, 0.15) is 13.8 Å². The molecule has 0 aromatic carbocycles. The highest BCUT2D eigenvalue weighted by molar-refractivity contribution is 6.78. The summed E-state index contributed by atoms with van der Waals surface area (Å²) in [6.45, 7) is 8.75. The molecule has 0 atom stereocenters. The van der Waals surface area contributed by atoms with E-state index in [2.05, 4.69) is 4.43 Å². The molecule has 0 rings (SSSR count). The SMILES string of the molecule is CC(C)O[Si](C)(C)O[Si](C)(C)OC(C(F)(F)F)C(F)(F)F. The number of rotatable bonds is 6. The quantitative estimate of drug-likeness (QED) is 0.522. The summed E-state index contributed by atoms with van der Waals surface area (Å²) in [5.41, 5.74) is 0. The average Bonchev–Trinajstić information content (AvgIpc) is 2.05. The fraction of sp³-hybridized carbons (Fsp3) is 1.00. The summed E-state index contributed by atoms with van der Waals surface area (Å²) >= 11 is 0. The first-order valence-corrected chi connectivity index (χ1v) is 11.8. The Labute approximate surface area is 122 Å². The van der Waals surface area contributed by atoms with Crippen molar-refractivity contribution in [3.05, 3.63) is 0 Å². The fourth-order valence-corrected chi connectivity index (χ4v) is 8.90. The molecule has 0 saturated carbocycles. The van der Waals surface area contributed by atoms with Gasteiger partial charge in [0.2, 0.25) is 6.10 Å². The Bertz CT molecular complexity index is 327. The van der Waals surface area contributed by atoms with Crippen LogP contribution < -0.4 is 0 Å². The molecule has 3 nitrogen and oxygen atoms in total. The third kappa shape index (κ3) is 8.19. The van der Waals surface area contributed by atoms with Crippen LogP contribution in [-0.4, -0.2) is 41.7 Å². The maximum atomic E-state index is 12.5. The molecule has 0 aromatic heterocycles. The summed E-state index contributed by atoms with van der Waals surface area (Å²) < 4.78 is 90.1. The molecule has 0 bridgehead atoms. The minimum atomic E-state index is -5.55. The van der Waals surface area contributed by atoms with E-state index in [-0.39, 0.29) is 6.10 Å². The van der Waals surface area contributed by atoms with Gasteiger partial charge >= 0.3 is 29.5 Å². The third-order valence-corrected chi connectivity index (χ3v) is 7.78. The summed E-state index contributed by atoms with van der Waals surface area (Å²) in [4.78, 5) is 0.